The Morgan fingerprint density at radius 3 is 2.76 bits per heavy atom. The highest BCUT2D eigenvalue weighted by molar-refractivity contribution is 7.10. The van der Waals surface area contributed by atoms with Gasteiger partial charge in [-0.2, -0.15) is 5.26 Å². The number of rotatable bonds is 4. The molecule has 108 valence electrons. The molecule has 0 saturated carbocycles. The Morgan fingerprint density at radius 2 is 2.00 bits per heavy atom. The summed E-state index contributed by atoms with van der Waals surface area (Å²) in [6, 6.07) is 12.7. The quantitative estimate of drug-likeness (QED) is 0.918. The lowest BCUT2D eigenvalue weighted by molar-refractivity contribution is 0.578. The van der Waals surface area contributed by atoms with Crippen LogP contribution in [0, 0.1) is 11.3 Å². The molecule has 1 aromatic carbocycles. The first-order valence-electron chi connectivity index (χ1n) is 7.42. The van der Waals surface area contributed by atoms with Gasteiger partial charge in [-0.25, -0.2) is 0 Å². The van der Waals surface area contributed by atoms with Gasteiger partial charge >= 0.3 is 0 Å². The number of nitriles is 1. The zero-order valence-corrected chi connectivity index (χ0v) is 12.8. The highest BCUT2D eigenvalue weighted by Crippen LogP contribution is 2.29. The molecule has 0 unspecified atom stereocenters. The molecule has 0 radical (unpaired) electrons. The van der Waals surface area contributed by atoms with Gasteiger partial charge in [-0.05, 0) is 37.5 Å². The number of nitrogens with zero attached hydrogens (tertiary/aromatic N) is 2. The van der Waals surface area contributed by atoms with Crippen molar-refractivity contribution in [3.63, 3.8) is 0 Å². The minimum Gasteiger partial charge on any atom is -0.378 e. The van der Waals surface area contributed by atoms with Crippen molar-refractivity contribution in [2.75, 3.05) is 23.3 Å². The first-order chi connectivity index (χ1) is 10.4. The van der Waals surface area contributed by atoms with Gasteiger partial charge in [0.15, 0.2) is 0 Å². The average molecular weight is 297 g/mol. The SMILES string of the molecule is N#Cc1csc(CNc2ccccc2N2CCCCC2)c1. The van der Waals surface area contributed by atoms with E-state index in [9.17, 15) is 0 Å². The number of thiophene rings is 1. The van der Waals surface area contributed by atoms with Crippen molar-refractivity contribution >= 4 is 22.7 Å². The summed E-state index contributed by atoms with van der Waals surface area (Å²) in [5.41, 5.74) is 3.24. The van der Waals surface area contributed by atoms with Crippen LogP contribution in [0.3, 0.4) is 0 Å². The fourth-order valence-corrected chi connectivity index (χ4v) is 3.50. The highest BCUT2D eigenvalue weighted by atomic mass is 32.1. The third kappa shape index (κ3) is 3.37. The van der Waals surface area contributed by atoms with E-state index in [1.807, 2.05) is 11.4 Å². The van der Waals surface area contributed by atoms with E-state index in [-0.39, 0.29) is 0 Å². The lowest BCUT2D eigenvalue weighted by Crippen LogP contribution is -2.30. The molecule has 2 aromatic rings. The van der Waals surface area contributed by atoms with E-state index in [2.05, 4.69) is 40.6 Å². The number of para-hydroxylation sites is 2. The smallest absolute Gasteiger partial charge is 0.100 e. The van der Waals surface area contributed by atoms with E-state index in [1.54, 1.807) is 11.3 Å². The predicted octanol–water partition coefficient (Wildman–Crippen LogP) is 4.22. The number of hydrogen-bond donors (Lipinski definition) is 1. The summed E-state index contributed by atoms with van der Waals surface area (Å²) in [5.74, 6) is 0. The minimum absolute atomic E-state index is 0.751. The molecule has 0 aliphatic carbocycles. The van der Waals surface area contributed by atoms with Crippen LogP contribution in [0.2, 0.25) is 0 Å². The molecule has 0 spiro atoms. The molecule has 0 amide bonds. The molecule has 2 heterocycles. The third-order valence-corrected chi connectivity index (χ3v) is 4.77. The van der Waals surface area contributed by atoms with E-state index < -0.39 is 0 Å². The zero-order valence-electron chi connectivity index (χ0n) is 12.0. The van der Waals surface area contributed by atoms with Gasteiger partial charge in [0, 0.05) is 29.9 Å². The second-order valence-electron chi connectivity index (χ2n) is 5.33. The number of nitrogens with one attached hydrogen (secondary N) is 1. The van der Waals surface area contributed by atoms with Crippen molar-refractivity contribution in [2.45, 2.75) is 25.8 Å². The van der Waals surface area contributed by atoms with Crippen LogP contribution < -0.4 is 10.2 Å². The van der Waals surface area contributed by atoms with Crippen LogP contribution >= 0.6 is 11.3 Å². The summed E-state index contributed by atoms with van der Waals surface area (Å²) in [4.78, 5) is 3.67. The van der Waals surface area contributed by atoms with E-state index >= 15 is 0 Å². The number of hydrogen-bond acceptors (Lipinski definition) is 4. The number of anilines is 2. The average Bonchev–Trinajstić information content (AvgIpc) is 3.02. The standard InChI is InChI=1S/C17H19N3S/c18-11-14-10-15(21-13-14)12-19-16-6-2-3-7-17(16)20-8-4-1-5-9-20/h2-3,6-7,10,13,19H,1,4-5,8-9,12H2. The normalized spacial score (nSPS) is 14.7. The minimum atomic E-state index is 0.751. The van der Waals surface area contributed by atoms with Crippen LogP contribution in [0.15, 0.2) is 35.7 Å². The van der Waals surface area contributed by atoms with Crippen LogP contribution in [0.1, 0.15) is 29.7 Å². The topological polar surface area (TPSA) is 39.1 Å². The summed E-state index contributed by atoms with van der Waals surface area (Å²) in [5, 5.41) is 14.3. The van der Waals surface area contributed by atoms with Gasteiger partial charge < -0.3 is 10.2 Å². The van der Waals surface area contributed by atoms with Gasteiger partial charge in [0.1, 0.15) is 6.07 Å². The summed E-state index contributed by atoms with van der Waals surface area (Å²) in [6.07, 6.45) is 3.91. The van der Waals surface area contributed by atoms with Crippen LogP contribution in [-0.4, -0.2) is 13.1 Å². The molecule has 1 N–H and O–H groups in total. The molecule has 1 fully saturated rings. The van der Waals surface area contributed by atoms with Gasteiger partial charge in [0.05, 0.1) is 16.9 Å². The van der Waals surface area contributed by atoms with Crippen LogP contribution in [-0.2, 0) is 6.54 Å². The Kier molecular flexibility index (Phi) is 4.42. The van der Waals surface area contributed by atoms with Crippen LogP contribution in [0.5, 0.6) is 0 Å². The second-order valence-corrected chi connectivity index (χ2v) is 6.33. The lowest BCUT2D eigenvalue weighted by Gasteiger charge is -2.30. The van der Waals surface area contributed by atoms with Crippen molar-refractivity contribution in [3.8, 4) is 6.07 Å². The van der Waals surface area contributed by atoms with E-state index in [0.717, 1.165) is 25.2 Å². The number of benzene rings is 1. The molecule has 1 aromatic heterocycles. The van der Waals surface area contributed by atoms with Gasteiger partial charge in [-0.3, -0.25) is 0 Å². The Balaban J connectivity index is 1.71. The van der Waals surface area contributed by atoms with Crippen molar-refractivity contribution in [1.29, 1.82) is 5.26 Å². The van der Waals surface area contributed by atoms with Crippen LogP contribution in [0.4, 0.5) is 11.4 Å². The maximum atomic E-state index is 8.88. The maximum Gasteiger partial charge on any atom is 0.100 e. The first kappa shape index (κ1) is 14.0. The van der Waals surface area contributed by atoms with Crippen molar-refractivity contribution < 1.29 is 0 Å². The monoisotopic (exact) mass is 297 g/mol. The molecule has 21 heavy (non-hydrogen) atoms. The molecule has 1 saturated heterocycles. The van der Waals surface area contributed by atoms with E-state index in [4.69, 9.17) is 5.26 Å². The predicted molar refractivity (Wildman–Crippen MR) is 88.9 cm³/mol. The van der Waals surface area contributed by atoms with Crippen molar-refractivity contribution in [2.24, 2.45) is 0 Å². The van der Waals surface area contributed by atoms with E-state index in [0.29, 0.717) is 0 Å². The maximum absolute atomic E-state index is 8.88. The van der Waals surface area contributed by atoms with Crippen molar-refractivity contribution in [3.05, 3.63) is 46.2 Å². The Labute approximate surface area is 129 Å². The number of piperidine rings is 1. The lowest BCUT2D eigenvalue weighted by atomic mass is 10.1. The van der Waals surface area contributed by atoms with Crippen LogP contribution in [0.25, 0.3) is 0 Å². The summed E-state index contributed by atoms with van der Waals surface area (Å²) < 4.78 is 0. The molecule has 0 atom stereocenters. The second kappa shape index (κ2) is 6.64. The van der Waals surface area contributed by atoms with Gasteiger partial charge in [-0.1, -0.05) is 12.1 Å². The summed E-state index contributed by atoms with van der Waals surface area (Å²) in [7, 11) is 0. The molecule has 3 rings (SSSR count). The van der Waals surface area contributed by atoms with Gasteiger partial charge in [0.2, 0.25) is 0 Å². The zero-order chi connectivity index (χ0) is 14.5. The fourth-order valence-electron chi connectivity index (χ4n) is 2.75. The molecule has 0 bridgehead atoms. The van der Waals surface area contributed by atoms with Crippen molar-refractivity contribution in [1.82, 2.24) is 0 Å². The van der Waals surface area contributed by atoms with E-state index in [1.165, 1.54) is 35.5 Å². The Hall–Kier alpha value is -1.99. The van der Waals surface area contributed by atoms with Gasteiger partial charge in [0.25, 0.3) is 0 Å². The highest BCUT2D eigenvalue weighted by Gasteiger charge is 2.14. The summed E-state index contributed by atoms with van der Waals surface area (Å²) in [6.45, 7) is 3.07. The molecular weight excluding hydrogens is 278 g/mol. The molecule has 3 nitrogen and oxygen atoms in total. The van der Waals surface area contributed by atoms with Gasteiger partial charge in [-0.15, -0.1) is 11.3 Å². The first-order valence-corrected chi connectivity index (χ1v) is 8.30. The third-order valence-electron chi connectivity index (χ3n) is 3.84. The molecule has 4 heteroatoms. The Morgan fingerprint density at radius 1 is 1.19 bits per heavy atom. The largest absolute Gasteiger partial charge is 0.378 e. The molecular formula is C17H19N3S. The Bertz CT molecular complexity index is 635. The molecule has 1 aliphatic heterocycles. The molecule has 1 aliphatic rings. The summed E-state index contributed by atoms with van der Waals surface area (Å²) >= 11 is 1.64. The fraction of sp³-hybridized carbons (Fsp3) is 0.353.